The summed E-state index contributed by atoms with van der Waals surface area (Å²) >= 11 is 0. The van der Waals surface area contributed by atoms with Crippen molar-refractivity contribution in [1.29, 1.82) is 0 Å². The Morgan fingerprint density at radius 3 is 2.56 bits per heavy atom. The lowest BCUT2D eigenvalue weighted by Crippen LogP contribution is -2.37. The highest BCUT2D eigenvalue weighted by Gasteiger charge is 2.44. The molecule has 0 aliphatic carbocycles. The molecule has 2 aliphatic heterocycles. The number of para-hydroxylation sites is 1. The maximum absolute atomic E-state index is 14.2. The SMILES string of the molecule is C=C(C(=C)S(C)(=O)=O)c1nc2cc(F)ccc2c(N2CC3(CCOCC3)c3ccccc32)c1C. The van der Waals surface area contributed by atoms with Crippen LogP contribution in [0.2, 0.25) is 0 Å². The van der Waals surface area contributed by atoms with Gasteiger partial charge in [0.1, 0.15) is 5.82 Å². The molecule has 3 heterocycles. The van der Waals surface area contributed by atoms with Gasteiger partial charge in [0, 0.05) is 54.1 Å². The Hall–Kier alpha value is -3.03. The number of hydrogen-bond donors (Lipinski definition) is 0. The first-order chi connectivity index (χ1) is 16.1. The molecule has 34 heavy (non-hydrogen) atoms. The summed E-state index contributed by atoms with van der Waals surface area (Å²) in [6.45, 7) is 11.8. The molecule has 1 fully saturated rings. The number of pyridine rings is 1. The van der Waals surface area contributed by atoms with E-state index in [0.29, 0.717) is 24.4 Å². The molecule has 0 bridgehead atoms. The second-order valence-electron chi connectivity index (χ2n) is 9.27. The molecular formula is C27H27FN2O3S. The fourth-order valence-electron chi connectivity index (χ4n) is 5.33. The minimum atomic E-state index is -3.57. The summed E-state index contributed by atoms with van der Waals surface area (Å²) in [4.78, 5) is 6.84. The van der Waals surface area contributed by atoms with Crippen LogP contribution in [0.4, 0.5) is 15.8 Å². The normalized spacial score (nSPS) is 17.2. The molecule has 0 unspecified atom stereocenters. The van der Waals surface area contributed by atoms with Gasteiger partial charge in [0.2, 0.25) is 0 Å². The third-order valence-corrected chi connectivity index (χ3v) is 8.32. The number of aromatic nitrogens is 1. The van der Waals surface area contributed by atoms with Crippen LogP contribution in [-0.2, 0) is 20.0 Å². The lowest BCUT2D eigenvalue weighted by molar-refractivity contribution is 0.0558. The van der Waals surface area contributed by atoms with E-state index in [1.165, 1.54) is 17.7 Å². The number of nitrogens with zero attached hydrogens (tertiary/aromatic N) is 2. The first-order valence-corrected chi connectivity index (χ1v) is 13.1. The summed E-state index contributed by atoms with van der Waals surface area (Å²) in [5.74, 6) is -0.406. The Morgan fingerprint density at radius 2 is 1.85 bits per heavy atom. The maximum atomic E-state index is 14.2. The summed E-state index contributed by atoms with van der Waals surface area (Å²) in [5, 5.41) is 0.805. The van der Waals surface area contributed by atoms with E-state index in [-0.39, 0.29) is 15.9 Å². The Morgan fingerprint density at radius 1 is 1.15 bits per heavy atom. The summed E-state index contributed by atoms with van der Waals surface area (Å²) in [6, 6.07) is 12.9. The molecule has 7 heteroatoms. The van der Waals surface area contributed by atoms with E-state index in [1.807, 2.05) is 13.0 Å². The van der Waals surface area contributed by atoms with E-state index in [1.54, 1.807) is 6.07 Å². The third kappa shape index (κ3) is 3.54. The highest BCUT2D eigenvalue weighted by atomic mass is 32.2. The van der Waals surface area contributed by atoms with Crippen molar-refractivity contribution < 1.29 is 17.5 Å². The highest BCUT2D eigenvalue weighted by molar-refractivity contribution is 7.95. The molecule has 2 aliphatic rings. The lowest BCUT2D eigenvalue weighted by Gasteiger charge is -2.35. The zero-order valence-electron chi connectivity index (χ0n) is 19.4. The number of fused-ring (bicyclic) bond motifs is 3. The molecule has 1 spiro atoms. The van der Waals surface area contributed by atoms with Gasteiger partial charge >= 0.3 is 0 Å². The quantitative estimate of drug-likeness (QED) is 0.467. The summed E-state index contributed by atoms with van der Waals surface area (Å²) < 4.78 is 44.4. The van der Waals surface area contributed by atoms with Crippen LogP contribution in [0.25, 0.3) is 16.5 Å². The number of anilines is 2. The van der Waals surface area contributed by atoms with Crippen molar-refractivity contribution in [2.75, 3.05) is 30.9 Å². The van der Waals surface area contributed by atoms with Crippen molar-refractivity contribution in [3.8, 4) is 0 Å². The molecule has 1 aromatic heterocycles. The van der Waals surface area contributed by atoms with Gasteiger partial charge in [-0.1, -0.05) is 31.4 Å². The monoisotopic (exact) mass is 478 g/mol. The van der Waals surface area contributed by atoms with Crippen molar-refractivity contribution in [3.05, 3.63) is 83.2 Å². The lowest BCUT2D eigenvalue weighted by atomic mass is 9.76. The molecule has 5 rings (SSSR count). The minimum absolute atomic E-state index is 0.0373. The van der Waals surface area contributed by atoms with Gasteiger partial charge in [-0.2, -0.15) is 0 Å². The number of halogens is 1. The van der Waals surface area contributed by atoms with Crippen LogP contribution in [-0.4, -0.2) is 39.4 Å². The van der Waals surface area contributed by atoms with Crippen molar-refractivity contribution in [1.82, 2.24) is 4.98 Å². The van der Waals surface area contributed by atoms with Crippen LogP contribution in [0.5, 0.6) is 0 Å². The van der Waals surface area contributed by atoms with Gasteiger partial charge in [0.25, 0.3) is 0 Å². The number of sulfone groups is 1. The summed E-state index contributed by atoms with van der Waals surface area (Å²) in [7, 11) is -3.57. The zero-order chi connectivity index (χ0) is 24.3. The van der Waals surface area contributed by atoms with Gasteiger partial charge in [0.15, 0.2) is 9.84 Å². The molecule has 0 atom stereocenters. The van der Waals surface area contributed by atoms with Crippen LogP contribution in [0.15, 0.2) is 60.5 Å². The molecule has 176 valence electrons. The smallest absolute Gasteiger partial charge is 0.175 e. The topological polar surface area (TPSA) is 59.5 Å². The summed E-state index contributed by atoms with van der Waals surface area (Å²) in [6.07, 6.45) is 2.94. The number of ether oxygens (including phenoxy) is 1. The number of rotatable bonds is 4. The molecule has 0 amide bonds. The molecule has 2 aromatic carbocycles. The molecule has 0 radical (unpaired) electrons. The van der Waals surface area contributed by atoms with Crippen molar-refractivity contribution in [2.45, 2.75) is 25.2 Å². The number of allylic oxidation sites excluding steroid dienone is 1. The molecule has 0 N–H and O–H groups in total. The van der Waals surface area contributed by atoms with Gasteiger partial charge in [-0.05, 0) is 49.1 Å². The van der Waals surface area contributed by atoms with Crippen LogP contribution in [0, 0.1) is 12.7 Å². The Balaban J connectivity index is 1.76. The van der Waals surface area contributed by atoms with Crippen molar-refractivity contribution in [2.24, 2.45) is 0 Å². The standard InChI is InChI=1S/C27H27FN2O3S/c1-17(19(3)34(4,31)32)25-18(2)26(21-10-9-20(28)15-23(21)29-25)30-16-27(11-13-33-14-12-27)22-7-5-6-8-24(22)30/h5-10,15H,1,3,11-14,16H2,2,4H3. The van der Waals surface area contributed by atoms with Crippen molar-refractivity contribution >= 4 is 37.7 Å². The first kappa shape index (κ1) is 22.7. The fraction of sp³-hybridized carbons (Fsp3) is 0.296. The molecular weight excluding hydrogens is 451 g/mol. The van der Waals surface area contributed by atoms with Gasteiger partial charge in [0.05, 0.1) is 21.8 Å². The molecule has 0 saturated carbocycles. The maximum Gasteiger partial charge on any atom is 0.175 e. The van der Waals surface area contributed by atoms with Crippen LogP contribution < -0.4 is 4.90 Å². The molecule has 1 saturated heterocycles. The molecule has 5 nitrogen and oxygen atoms in total. The minimum Gasteiger partial charge on any atom is -0.381 e. The second-order valence-corrected chi connectivity index (χ2v) is 11.3. The highest BCUT2D eigenvalue weighted by Crippen LogP contribution is 2.51. The van der Waals surface area contributed by atoms with E-state index in [0.717, 1.165) is 48.0 Å². The van der Waals surface area contributed by atoms with Crippen LogP contribution >= 0.6 is 0 Å². The zero-order valence-corrected chi connectivity index (χ0v) is 20.2. The Kier molecular flexibility index (Phi) is 5.37. The van der Waals surface area contributed by atoms with Crippen molar-refractivity contribution in [3.63, 3.8) is 0 Å². The van der Waals surface area contributed by atoms with Crippen LogP contribution in [0.3, 0.4) is 0 Å². The van der Waals surface area contributed by atoms with Gasteiger partial charge in [-0.25, -0.2) is 17.8 Å². The first-order valence-electron chi connectivity index (χ1n) is 11.3. The van der Waals surface area contributed by atoms with E-state index in [2.05, 4.69) is 41.2 Å². The molecule has 3 aromatic rings. The van der Waals surface area contributed by atoms with E-state index < -0.39 is 15.7 Å². The number of benzene rings is 2. The largest absolute Gasteiger partial charge is 0.381 e. The Bertz CT molecular complexity index is 1460. The third-order valence-electron chi connectivity index (χ3n) is 7.17. The van der Waals surface area contributed by atoms with E-state index >= 15 is 0 Å². The predicted octanol–water partition coefficient (Wildman–Crippen LogP) is 5.45. The predicted molar refractivity (Wildman–Crippen MR) is 135 cm³/mol. The Labute approximate surface area is 199 Å². The van der Waals surface area contributed by atoms with E-state index in [9.17, 15) is 12.8 Å². The van der Waals surface area contributed by atoms with Gasteiger partial charge in [-0.15, -0.1) is 0 Å². The fourth-order valence-corrected chi connectivity index (χ4v) is 5.88. The summed E-state index contributed by atoms with van der Waals surface area (Å²) in [5.41, 5.74) is 5.10. The van der Waals surface area contributed by atoms with Gasteiger partial charge < -0.3 is 9.64 Å². The average molecular weight is 479 g/mol. The van der Waals surface area contributed by atoms with E-state index in [4.69, 9.17) is 4.74 Å². The second kappa shape index (κ2) is 8.03. The van der Waals surface area contributed by atoms with Gasteiger partial charge in [-0.3, -0.25) is 0 Å². The van der Waals surface area contributed by atoms with Crippen LogP contribution in [0.1, 0.15) is 29.7 Å². The number of hydrogen-bond acceptors (Lipinski definition) is 5. The average Bonchev–Trinajstić information content (AvgIpc) is 3.11.